The molecule has 0 saturated carbocycles. The van der Waals surface area contributed by atoms with Crippen LogP contribution in [0.2, 0.25) is 5.02 Å². The van der Waals surface area contributed by atoms with Crippen molar-refractivity contribution in [1.82, 2.24) is 25.1 Å². The van der Waals surface area contributed by atoms with E-state index in [1.807, 2.05) is 48.5 Å². The van der Waals surface area contributed by atoms with Crippen LogP contribution in [0.15, 0.2) is 48.5 Å². The number of piperazine rings is 1. The average Bonchev–Trinajstić information content (AvgIpc) is 3.24. The Morgan fingerprint density at radius 1 is 1.10 bits per heavy atom. The van der Waals surface area contributed by atoms with Gasteiger partial charge in [-0.3, -0.25) is 4.79 Å². The fraction of sp³-hybridized carbons (Fsp3) is 0.364. The van der Waals surface area contributed by atoms with E-state index in [4.69, 9.17) is 11.6 Å². The van der Waals surface area contributed by atoms with Crippen LogP contribution < -0.4 is 10.2 Å². The third kappa shape index (κ3) is 5.59. The number of amides is 1. The van der Waals surface area contributed by atoms with Gasteiger partial charge in [-0.2, -0.15) is 4.80 Å². The zero-order valence-electron chi connectivity index (χ0n) is 17.5. The number of nitrogens with one attached hydrogen (secondary N) is 1. The second kappa shape index (κ2) is 9.89. The molecule has 2 aromatic carbocycles. The molecule has 4 rings (SSSR count). The fourth-order valence-corrected chi connectivity index (χ4v) is 3.74. The van der Waals surface area contributed by atoms with Crippen LogP contribution in [0.5, 0.6) is 0 Å². The molecule has 1 aliphatic heterocycles. The monoisotopic (exact) mass is 439 g/mol. The normalized spacial score (nSPS) is 14.6. The Hall–Kier alpha value is -2.97. The highest BCUT2D eigenvalue weighted by molar-refractivity contribution is 6.31. The number of tetrazole rings is 1. The number of likely N-dealkylation sites (N-methyl/N-ethyl adjacent to an activating group) is 1. The highest BCUT2D eigenvalue weighted by Gasteiger charge is 2.18. The summed E-state index contributed by atoms with van der Waals surface area (Å²) in [5.74, 6) is 0.529. The van der Waals surface area contributed by atoms with E-state index < -0.39 is 0 Å². The summed E-state index contributed by atoms with van der Waals surface area (Å²) in [7, 11) is 2.12. The zero-order valence-corrected chi connectivity index (χ0v) is 18.3. The van der Waals surface area contributed by atoms with Gasteiger partial charge in [0, 0.05) is 43.2 Å². The lowest BCUT2D eigenvalue weighted by Crippen LogP contribution is -2.44. The van der Waals surface area contributed by atoms with Gasteiger partial charge >= 0.3 is 0 Å². The molecule has 162 valence electrons. The minimum atomic E-state index is -0.0546. The third-order valence-corrected chi connectivity index (χ3v) is 5.56. The highest BCUT2D eigenvalue weighted by Crippen LogP contribution is 2.30. The molecule has 1 aliphatic rings. The second-order valence-corrected chi connectivity index (χ2v) is 8.11. The lowest BCUT2D eigenvalue weighted by molar-refractivity contribution is -0.116. The zero-order chi connectivity index (χ0) is 21.6. The number of nitrogens with zero attached hydrogens (tertiary/aromatic N) is 6. The Bertz CT molecular complexity index is 1020. The van der Waals surface area contributed by atoms with Crippen LogP contribution in [-0.4, -0.2) is 64.2 Å². The first-order valence-corrected chi connectivity index (χ1v) is 10.8. The van der Waals surface area contributed by atoms with Crippen molar-refractivity contribution >= 4 is 28.9 Å². The molecule has 3 aromatic rings. The predicted octanol–water partition coefficient (Wildman–Crippen LogP) is 3.16. The fourth-order valence-electron chi connectivity index (χ4n) is 3.57. The lowest BCUT2D eigenvalue weighted by atomic mass is 10.2. The first kappa shape index (κ1) is 21.3. The number of halogens is 1. The van der Waals surface area contributed by atoms with E-state index in [0.717, 1.165) is 43.1 Å². The number of anilines is 2. The summed E-state index contributed by atoms with van der Waals surface area (Å²) < 4.78 is 0. The molecule has 0 unspecified atom stereocenters. The number of benzene rings is 2. The first-order valence-electron chi connectivity index (χ1n) is 10.4. The number of aromatic nitrogens is 4. The SMILES string of the molecule is CN1CCN(c2ccc(Cl)cc2NC(=O)CCCn2nnc(-c3ccccc3)n2)CC1. The maximum absolute atomic E-state index is 12.6. The predicted molar refractivity (Wildman–Crippen MR) is 122 cm³/mol. The van der Waals surface area contributed by atoms with Crippen molar-refractivity contribution in [3.63, 3.8) is 0 Å². The summed E-state index contributed by atoms with van der Waals surface area (Å²) in [6, 6.07) is 15.4. The standard InChI is InChI=1S/C22H26ClN7O/c1-28-12-14-29(15-13-28)20-10-9-18(23)16-19(20)24-21(31)8-5-11-30-26-22(25-27-30)17-6-3-2-4-7-17/h2-4,6-7,9-10,16H,5,8,11-15H2,1H3,(H,24,31). The smallest absolute Gasteiger partial charge is 0.224 e. The van der Waals surface area contributed by atoms with Crippen molar-refractivity contribution in [2.75, 3.05) is 43.4 Å². The summed E-state index contributed by atoms with van der Waals surface area (Å²) in [4.78, 5) is 18.7. The maximum atomic E-state index is 12.6. The van der Waals surface area contributed by atoms with Crippen LogP contribution in [0.25, 0.3) is 11.4 Å². The quantitative estimate of drug-likeness (QED) is 0.609. The molecule has 1 amide bonds. The Morgan fingerprint density at radius 3 is 2.65 bits per heavy atom. The van der Waals surface area contributed by atoms with Gasteiger partial charge in [0.05, 0.1) is 17.9 Å². The van der Waals surface area contributed by atoms with Crippen molar-refractivity contribution in [1.29, 1.82) is 0 Å². The van der Waals surface area contributed by atoms with Crippen molar-refractivity contribution < 1.29 is 4.79 Å². The molecular weight excluding hydrogens is 414 g/mol. The molecule has 1 aromatic heterocycles. The van der Waals surface area contributed by atoms with Gasteiger partial charge in [-0.25, -0.2) is 0 Å². The molecule has 0 spiro atoms. The van der Waals surface area contributed by atoms with E-state index in [-0.39, 0.29) is 5.91 Å². The number of carbonyl (C=O) groups is 1. The summed E-state index contributed by atoms with van der Waals surface area (Å²) in [5.41, 5.74) is 2.69. The van der Waals surface area contributed by atoms with Crippen molar-refractivity contribution in [3.8, 4) is 11.4 Å². The van der Waals surface area contributed by atoms with Crippen molar-refractivity contribution in [2.24, 2.45) is 0 Å². The van der Waals surface area contributed by atoms with E-state index in [2.05, 4.69) is 37.6 Å². The van der Waals surface area contributed by atoms with E-state index in [1.165, 1.54) is 4.80 Å². The molecule has 0 radical (unpaired) electrons. The van der Waals surface area contributed by atoms with Gasteiger partial charge in [-0.1, -0.05) is 41.9 Å². The van der Waals surface area contributed by atoms with Crippen LogP contribution in [0.1, 0.15) is 12.8 Å². The van der Waals surface area contributed by atoms with E-state index in [1.54, 1.807) is 0 Å². The van der Waals surface area contributed by atoms with Crippen molar-refractivity contribution in [2.45, 2.75) is 19.4 Å². The lowest BCUT2D eigenvalue weighted by Gasteiger charge is -2.35. The molecular formula is C22H26ClN7O. The third-order valence-electron chi connectivity index (χ3n) is 5.32. The molecule has 9 heteroatoms. The molecule has 0 bridgehead atoms. The molecule has 1 N–H and O–H groups in total. The van der Waals surface area contributed by atoms with Gasteiger partial charge in [0.25, 0.3) is 0 Å². The number of aryl methyl sites for hydroxylation is 1. The summed E-state index contributed by atoms with van der Waals surface area (Å²) >= 11 is 6.19. The Balaban J connectivity index is 1.32. The Kier molecular flexibility index (Phi) is 6.79. The van der Waals surface area contributed by atoms with Crippen molar-refractivity contribution in [3.05, 3.63) is 53.6 Å². The van der Waals surface area contributed by atoms with Gasteiger partial charge < -0.3 is 15.1 Å². The number of hydrogen-bond acceptors (Lipinski definition) is 6. The first-order chi connectivity index (χ1) is 15.1. The Morgan fingerprint density at radius 2 is 1.87 bits per heavy atom. The number of carbonyl (C=O) groups excluding carboxylic acids is 1. The Labute approximate surface area is 186 Å². The van der Waals surface area contributed by atoms with E-state index in [9.17, 15) is 4.79 Å². The molecule has 0 atom stereocenters. The van der Waals surface area contributed by atoms with Crippen LogP contribution in [0, 0.1) is 0 Å². The summed E-state index contributed by atoms with van der Waals surface area (Å²) in [5, 5.41) is 16.2. The van der Waals surface area contributed by atoms with Crippen LogP contribution in [-0.2, 0) is 11.3 Å². The number of hydrogen-bond donors (Lipinski definition) is 1. The van der Waals surface area contributed by atoms with Crippen LogP contribution in [0.3, 0.4) is 0 Å². The molecule has 1 fully saturated rings. The minimum Gasteiger partial charge on any atom is -0.367 e. The van der Waals surface area contributed by atoms with Crippen LogP contribution >= 0.6 is 11.6 Å². The average molecular weight is 440 g/mol. The molecule has 8 nitrogen and oxygen atoms in total. The van der Waals surface area contributed by atoms with Gasteiger partial charge in [0.2, 0.25) is 11.7 Å². The molecule has 0 aliphatic carbocycles. The van der Waals surface area contributed by atoms with Gasteiger partial charge in [0.1, 0.15) is 0 Å². The highest BCUT2D eigenvalue weighted by atomic mass is 35.5. The largest absolute Gasteiger partial charge is 0.367 e. The summed E-state index contributed by atoms with van der Waals surface area (Å²) in [6.45, 7) is 4.34. The molecule has 2 heterocycles. The molecule has 31 heavy (non-hydrogen) atoms. The van der Waals surface area contributed by atoms with Gasteiger partial charge in [0.15, 0.2) is 0 Å². The van der Waals surface area contributed by atoms with E-state index in [0.29, 0.717) is 30.2 Å². The van der Waals surface area contributed by atoms with Gasteiger partial charge in [-0.05, 0) is 36.9 Å². The van der Waals surface area contributed by atoms with Crippen LogP contribution in [0.4, 0.5) is 11.4 Å². The summed E-state index contributed by atoms with van der Waals surface area (Å²) in [6.07, 6.45) is 0.970. The van der Waals surface area contributed by atoms with Gasteiger partial charge in [-0.15, -0.1) is 10.2 Å². The van der Waals surface area contributed by atoms with E-state index >= 15 is 0 Å². The maximum Gasteiger partial charge on any atom is 0.224 e. The minimum absolute atomic E-state index is 0.0546. The number of rotatable bonds is 7. The second-order valence-electron chi connectivity index (χ2n) is 7.68. The molecule has 1 saturated heterocycles. The topological polar surface area (TPSA) is 79.2 Å².